The SMILES string of the molecule is CN(C)c1c(-c2nc3ccccc3[nH]2)c(=O)[nH]n1C. The van der Waals surface area contributed by atoms with Crippen LogP contribution in [0.3, 0.4) is 0 Å². The standard InChI is InChI=1S/C13H15N5O/c1-17(2)13-10(12(19)16-18(13)3)11-14-8-6-4-5-7-9(8)15-11/h4-7H,1-3H3,(H,14,15)(H,16,19). The topological polar surface area (TPSA) is 69.7 Å². The van der Waals surface area contributed by atoms with Crippen molar-refractivity contribution in [3.8, 4) is 11.4 Å². The first kappa shape index (κ1) is 11.6. The normalized spacial score (nSPS) is 11.1. The van der Waals surface area contributed by atoms with Crippen molar-refractivity contribution in [1.29, 1.82) is 0 Å². The van der Waals surface area contributed by atoms with Gasteiger partial charge in [0.2, 0.25) is 0 Å². The number of H-pyrrole nitrogens is 2. The van der Waals surface area contributed by atoms with Crippen LogP contribution in [0.15, 0.2) is 29.1 Å². The lowest BCUT2D eigenvalue weighted by atomic mass is 10.3. The molecule has 0 fully saturated rings. The third-order valence-electron chi connectivity index (χ3n) is 3.09. The van der Waals surface area contributed by atoms with Gasteiger partial charge in [-0.3, -0.25) is 14.6 Å². The van der Waals surface area contributed by atoms with E-state index in [-0.39, 0.29) is 5.56 Å². The van der Waals surface area contributed by atoms with Crippen LogP contribution in [-0.4, -0.2) is 33.8 Å². The number of hydrogen-bond donors (Lipinski definition) is 2. The summed E-state index contributed by atoms with van der Waals surface area (Å²) in [5.74, 6) is 1.39. The molecule has 0 aliphatic heterocycles. The highest BCUT2D eigenvalue weighted by atomic mass is 16.1. The summed E-state index contributed by atoms with van der Waals surface area (Å²) in [5.41, 5.74) is 2.19. The van der Waals surface area contributed by atoms with Gasteiger partial charge in [0.15, 0.2) is 0 Å². The van der Waals surface area contributed by atoms with Gasteiger partial charge in [0, 0.05) is 21.1 Å². The third kappa shape index (κ3) is 1.72. The van der Waals surface area contributed by atoms with E-state index in [1.807, 2.05) is 50.3 Å². The number of fused-ring (bicyclic) bond motifs is 1. The summed E-state index contributed by atoms with van der Waals surface area (Å²) in [5, 5.41) is 2.76. The van der Waals surface area contributed by atoms with Crippen molar-refractivity contribution in [3.63, 3.8) is 0 Å². The Kier molecular flexibility index (Phi) is 2.45. The van der Waals surface area contributed by atoms with E-state index in [4.69, 9.17) is 0 Å². The molecule has 6 heteroatoms. The number of aromatic nitrogens is 4. The zero-order valence-corrected chi connectivity index (χ0v) is 11.1. The molecular formula is C13H15N5O. The molecule has 0 spiro atoms. The van der Waals surface area contributed by atoms with E-state index in [1.165, 1.54) is 0 Å². The van der Waals surface area contributed by atoms with Gasteiger partial charge in [0.1, 0.15) is 17.2 Å². The number of aryl methyl sites for hydroxylation is 1. The van der Waals surface area contributed by atoms with Crippen molar-refractivity contribution in [1.82, 2.24) is 19.7 Å². The molecule has 0 saturated carbocycles. The molecule has 0 unspecified atom stereocenters. The quantitative estimate of drug-likeness (QED) is 0.727. The molecule has 3 rings (SSSR count). The first-order valence-corrected chi connectivity index (χ1v) is 5.99. The fraction of sp³-hybridized carbons (Fsp3) is 0.231. The van der Waals surface area contributed by atoms with E-state index < -0.39 is 0 Å². The largest absolute Gasteiger partial charge is 0.362 e. The van der Waals surface area contributed by atoms with Crippen LogP contribution in [0.25, 0.3) is 22.4 Å². The minimum absolute atomic E-state index is 0.148. The zero-order valence-electron chi connectivity index (χ0n) is 11.1. The summed E-state index contributed by atoms with van der Waals surface area (Å²) in [6, 6.07) is 7.72. The number of imidazole rings is 1. The Morgan fingerprint density at radius 2 is 2.00 bits per heavy atom. The van der Waals surface area contributed by atoms with Gasteiger partial charge < -0.3 is 9.88 Å². The highest BCUT2D eigenvalue weighted by Crippen LogP contribution is 2.25. The van der Waals surface area contributed by atoms with Crippen molar-refractivity contribution in [2.24, 2.45) is 7.05 Å². The molecule has 0 saturated heterocycles. The summed E-state index contributed by atoms with van der Waals surface area (Å²) in [7, 11) is 5.60. The van der Waals surface area contributed by atoms with Crippen molar-refractivity contribution in [2.75, 3.05) is 19.0 Å². The number of aromatic amines is 2. The molecule has 2 heterocycles. The molecule has 0 aliphatic carbocycles. The van der Waals surface area contributed by atoms with Gasteiger partial charge in [-0.1, -0.05) is 12.1 Å². The van der Waals surface area contributed by atoms with Crippen molar-refractivity contribution in [3.05, 3.63) is 34.6 Å². The lowest BCUT2D eigenvalue weighted by Crippen LogP contribution is -2.14. The zero-order chi connectivity index (χ0) is 13.6. The Morgan fingerprint density at radius 1 is 1.26 bits per heavy atom. The van der Waals surface area contributed by atoms with E-state index >= 15 is 0 Å². The summed E-state index contributed by atoms with van der Waals surface area (Å²) in [6.07, 6.45) is 0. The minimum Gasteiger partial charge on any atom is -0.362 e. The molecule has 6 nitrogen and oxygen atoms in total. The van der Waals surface area contributed by atoms with Gasteiger partial charge >= 0.3 is 0 Å². The van der Waals surface area contributed by atoms with Crippen LogP contribution in [0, 0.1) is 0 Å². The fourth-order valence-electron chi connectivity index (χ4n) is 2.34. The van der Waals surface area contributed by atoms with Crippen LogP contribution in [0.4, 0.5) is 5.82 Å². The highest BCUT2D eigenvalue weighted by molar-refractivity contribution is 5.82. The second kappa shape index (κ2) is 4.01. The summed E-state index contributed by atoms with van der Waals surface area (Å²) in [6.45, 7) is 0. The smallest absolute Gasteiger partial charge is 0.277 e. The number of nitrogens with one attached hydrogen (secondary N) is 2. The molecular weight excluding hydrogens is 242 g/mol. The summed E-state index contributed by atoms with van der Waals surface area (Å²) < 4.78 is 1.70. The number of nitrogens with zero attached hydrogens (tertiary/aromatic N) is 3. The van der Waals surface area contributed by atoms with Crippen LogP contribution in [-0.2, 0) is 7.05 Å². The van der Waals surface area contributed by atoms with Crippen LogP contribution in [0.2, 0.25) is 0 Å². The number of para-hydroxylation sites is 2. The lowest BCUT2D eigenvalue weighted by Gasteiger charge is -2.13. The number of benzene rings is 1. The summed E-state index contributed by atoms with van der Waals surface area (Å²) >= 11 is 0. The molecule has 1 aromatic carbocycles. The molecule has 19 heavy (non-hydrogen) atoms. The maximum absolute atomic E-state index is 12.1. The van der Waals surface area contributed by atoms with E-state index in [0.29, 0.717) is 11.4 Å². The van der Waals surface area contributed by atoms with Gasteiger partial charge in [-0.15, -0.1) is 0 Å². The van der Waals surface area contributed by atoms with Crippen LogP contribution < -0.4 is 10.5 Å². The first-order chi connectivity index (χ1) is 9.08. The second-order valence-corrected chi connectivity index (χ2v) is 4.70. The number of hydrogen-bond acceptors (Lipinski definition) is 3. The molecule has 0 atom stereocenters. The molecule has 3 aromatic rings. The predicted octanol–water partition coefficient (Wildman–Crippen LogP) is 1.32. The lowest BCUT2D eigenvalue weighted by molar-refractivity contribution is 0.745. The van der Waals surface area contributed by atoms with Gasteiger partial charge in [0.25, 0.3) is 5.56 Å². The van der Waals surface area contributed by atoms with E-state index in [2.05, 4.69) is 15.1 Å². The Balaban J connectivity index is 2.29. The van der Waals surface area contributed by atoms with Gasteiger partial charge in [-0.05, 0) is 12.1 Å². The maximum atomic E-state index is 12.1. The Bertz CT molecular complexity index is 760. The fourth-order valence-corrected chi connectivity index (χ4v) is 2.34. The Morgan fingerprint density at radius 3 is 2.68 bits per heavy atom. The highest BCUT2D eigenvalue weighted by Gasteiger charge is 2.19. The van der Waals surface area contributed by atoms with Gasteiger partial charge in [-0.25, -0.2) is 4.98 Å². The number of rotatable bonds is 2. The average Bonchev–Trinajstić information content (AvgIpc) is 2.88. The van der Waals surface area contributed by atoms with Crippen molar-refractivity contribution in [2.45, 2.75) is 0 Å². The van der Waals surface area contributed by atoms with Crippen molar-refractivity contribution < 1.29 is 0 Å². The average molecular weight is 257 g/mol. The first-order valence-electron chi connectivity index (χ1n) is 5.99. The third-order valence-corrected chi connectivity index (χ3v) is 3.09. The van der Waals surface area contributed by atoms with Crippen LogP contribution >= 0.6 is 0 Å². The molecule has 0 aliphatic rings. The van der Waals surface area contributed by atoms with Gasteiger partial charge in [0.05, 0.1) is 11.0 Å². The van der Waals surface area contributed by atoms with Crippen molar-refractivity contribution >= 4 is 16.9 Å². The molecule has 98 valence electrons. The van der Waals surface area contributed by atoms with Gasteiger partial charge in [-0.2, -0.15) is 0 Å². The maximum Gasteiger partial charge on any atom is 0.277 e. The molecule has 0 radical (unpaired) electrons. The van der Waals surface area contributed by atoms with E-state index in [9.17, 15) is 4.79 Å². The molecule has 0 amide bonds. The predicted molar refractivity (Wildman–Crippen MR) is 75.4 cm³/mol. The second-order valence-electron chi connectivity index (χ2n) is 4.70. The van der Waals surface area contributed by atoms with E-state index in [0.717, 1.165) is 16.9 Å². The molecule has 2 N–H and O–H groups in total. The van der Waals surface area contributed by atoms with Crippen LogP contribution in [0.1, 0.15) is 0 Å². The molecule has 0 bridgehead atoms. The summed E-state index contributed by atoms with van der Waals surface area (Å²) in [4.78, 5) is 21.6. The van der Waals surface area contributed by atoms with Crippen LogP contribution in [0.5, 0.6) is 0 Å². The monoisotopic (exact) mass is 257 g/mol. The Labute approximate surface area is 109 Å². The number of anilines is 1. The Hall–Kier alpha value is -2.50. The van der Waals surface area contributed by atoms with E-state index in [1.54, 1.807) is 4.68 Å². The minimum atomic E-state index is -0.148. The molecule has 2 aromatic heterocycles.